The average Bonchev–Trinajstić information content (AvgIpc) is 3.16. The smallest absolute Gasteiger partial charge is 0.246 e. The Morgan fingerprint density at radius 3 is 2.43 bits per heavy atom. The van der Waals surface area contributed by atoms with Gasteiger partial charge in [-0.15, -0.1) is 0 Å². The molecule has 4 rings (SSSR count). The second kappa shape index (κ2) is 8.21. The van der Waals surface area contributed by atoms with E-state index in [2.05, 4.69) is 10.2 Å². The first-order valence-corrected chi connectivity index (χ1v) is 10.1. The van der Waals surface area contributed by atoms with Gasteiger partial charge < -0.3 is 14.8 Å². The number of amides is 1. The summed E-state index contributed by atoms with van der Waals surface area (Å²) in [6.45, 7) is 4.72. The van der Waals surface area contributed by atoms with Crippen molar-refractivity contribution in [2.45, 2.75) is 31.6 Å². The highest BCUT2D eigenvalue weighted by molar-refractivity contribution is 6.31. The maximum atomic E-state index is 13.3. The number of anilines is 1. The lowest BCUT2D eigenvalue weighted by atomic mass is 9.97. The number of nitrogens with one attached hydrogen (secondary N) is 1. The molecule has 1 amide bonds. The first-order chi connectivity index (χ1) is 13.6. The van der Waals surface area contributed by atoms with E-state index >= 15 is 0 Å². The Bertz CT molecular complexity index is 827. The summed E-state index contributed by atoms with van der Waals surface area (Å²) in [5.74, 6) is -0.520. The van der Waals surface area contributed by atoms with Gasteiger partial charge in [-0.2, -0.15) is 0 Å². The third-order valence-corrected chi connectivity index (χ3v) is 5.95. The van der Waals surface area contributed by atoms with Crippen LogP contribution in [0.3, 0.4) is 0 Å². The molecular weight excluding hydrogens is 376 g/mol. The van der Waals surface area contributed by atoms with Crippen LogP contribution in [0, 0.1) is 6.92 Å². The minimum Gasteiger partial charge on any atom is -0.347 e. The summed E-state index contributed by atoms with van der Waals surface area (Å²) in [5, 5.41) is 3.68. The van der Waals surface area contributed by atoms with Crippen LogP contribution < -0.4 is 5.32 Å². The van der Waals surface area contributed by atoms with Gasteiger partial charge in [0.25, 0.3) is 0 Å². The van der Waals surface area contributed by atoms with Gasteiger partial charge in [0.05, 0.1) is 13.2 Å². The maximum Gasteiger partial charge on any atom is 0.246 e. The summed E-state index contributed by atoms with van der Waals surface area (Å²) in [6, 6.07) is 15.1. The van der Waals surface area contributed by atoms with E-state index in [9.17, 15) is 4.79 Å². The van der Waals surface area contributed by atoms with Gasteiger partial charge in [0, 0.05) is 36.6 Å². The van der Waals surface area contributed by atoms with Crippen LogP contribution in [0.2, 0.25) is 5.02 Å². The number of aryl methyl sites for hydroxylation is 1. The van der Waals surface area contributed by atoms with Crippen molar-refractivity contribution in [3.8, 4) is 0 Å². The number of nitrogens with zero attached hydrogens (tertiary/aromatic N) is 1. The summed E-state index contributed by atoms with van der Waals surface area (Å²) in [6.07, 6.45) is 1.53. The third kappa shape index (κ3) is 4.08. The lowest BCUT2D eigenvalue weighted by Gasteiger charge is -2.40. The molecule has 1 atom stereocenters. The van der Waals surface area contributed by atoms with Crippen LogP contribution >= 0.6 is 11.6 Å². The number of carbonyl (C=O) groups is 1. The Morgan fingerprint density at radius 2 is 1.79 bits per heavy atom. The van der Waals surface area contributed by atoms with Gasteiger partial charge in [-0.05, 0) is 30.2 Å². The van der Waals surface area contributed by atoms with Crippen molar-refractivity contribution >= 4 is 23.2 Å². The number of carbonyl (C=O) groups excluding carboxylic acids is 1. The number of benzene rings is 2. The predicted molar refractivity (Wildman–Crippen MR) is 109 cm³/mol. The largest absolute Gasteiger partial charge is 0.347 e. The van der Waals surface area contributed by atoms with Crippen molar-refractivity contribution in [3.05, 3.63) is 64.7 Å². The van der Waals surface area contributed by atoms with Crippen molar-refractivity contribution < 1.29 is 14.3 Å². The second-order valence-corrected chi connectivity index (χ2v) is 7.82. The molecule has 5 nitrogen and oxygen atoms in total. The maximum absolute atomic E-state index is 13.3. The van der Waals surface area contributed by atoms with E-state index in [0.717, 1.165) is 37.1 Å². The van der Waals surface area contributed by atoms with Gasteiger partial charge >= 0.3 is 0 Å². The Kier molecular flexibility index (Phi) is 5.69. The van der Waals surface area contributed by atoms with Crippen molar-refractivity contribution in [2.24, 2.45) is 0 Å². The first-order valence-electron chi connectivity index (χ1n) is 9.70. The molecular formula is C22H25ClN2O3. The topological polar surface area (TPSA) is 50.8 Å². The van der Waals surface area contributed by atoms with E-state index in [-0.39, 0.29) is 11.9 Å². The molecule has 2 aromatic carbocycles. The normalized spacial score (nSPS) is 20.2. The molecule has 0 aliphatic carbocycles. The molecule has 2 saturated heterocycles. The molecule has 2 aliphatic rings. The summed E-state index contributed by atoms with van der Waals surface area (Å²) in [4.78, 5) is 15.5. The molecule has 6 heteroatoms. The second-order valence-electron chi connectivity index (χ2n) is 7.41. The number of piperidine rings is 1. The molecule has 2 heterocycles. The zero-order valence-corrected chi connectivity index (χ0v) is 16.7. The molecule has 0 radical (unpaired) electrons. The Labute approximate surface area is 170 Å². The van der Waals surface area contributed by atoms with Gasteiger partial charge in [-0.1, -0.05) is 48.0 Å². The molecule has 2 fully saturated rings. The minimum atomic E-state index is -0.460. The fourth-order valence-electron chi connectivity index (χ4n) is 3.95. The van der Waals surface area contributed by atoms with Gasteiger partial charge in [0.2, 0.25) is 5.91 Å². The lowest BCUT2D eigenvalue weighted by molar-refractivity contribution is -0.188. The number of rotatable bonds is 4. The number of hydrogen-bond donors (Lipinski definition) is 1. The molecule has 1 unspecified atom stereocenters. The standard InChI is InChI=1S/C22H25ClN2O3/c1-16-7-8-18(15-19(16)23)24-21(26)20(17-5-3-2-4-6-17)25-11-9-22(10-12-25)27-13-14-28-22/h2-8,15,20H,9-14H2,1H3,(H,24,26). The number of halogens is 1. The van der Waals surface area contributed by atoms with Crippen LogP contribution in [0.25, 0.3) is 0 Å². The van der Waals surface area contributed by atoms with Gasteiger partial charge in [0.1, 0.15) is 6.04 Å². The Hall–Kier alpha value is -1.92. The van der Waals surface area contributed by atoms with E-state index < -0.39 is 5.79 Å². The molecule has 0 bridgehead atoms. The molecule has 1 N–H and O–H groups in total. The number of hydrogen-bond acceptors (Lipinski definition) is 4. The fraction of sp³-hybridized carbons (Fsp3) is 0.409. The minimum absolute atomic E-state index is 0.0599. The zero-order chi connectivity index (χ0) is 19.6. The quantitative estimate of drug-likeness (QED) is 0.836. The highest BCUT2D eigenvalue weighted by Gasteiger charge is 2.42. The van der Waals surface area contributed by atoms with E-state index in [1.165, 1.54) is 0 Å². The van der Waals surface area contributed by atoms with E-state index in [1.54, 1.807) is 6.07 Å². The molecule has 148 valence electrons. The molecule has 2 aromatic rings. The van der Waals surface area contributed by atoms with Gasteiger partial charge in [0.15, 0.2) is 5.79 Å². The monoisotopic (exact) mass is 400 g/mol. The van der Waals surface area contributed by atoms with Crippen LogP contribution in [-0.2, 0) is 14.3 Å². The van der Waals surface area contributed by atoms with E-state index in [1.807, 2.05) is 49.4 Å². The van der Waals surface area contributed by atoms with Crippen molar-refractivity contribution in [2.75, 3.05) is 31.6 Å². The van der Waals surface area contributed by atoms with Crippen LogP contribution in [0.4, 0.5) is 5.69 Å². The van der Waals surface area contributed by atoms with Gasteiger partial charge in [-0.25, -0.2) is 0 Å². The van der Waals surface area contributed by atoms with Crippen molar-refractivity contribution in [1.29, 1.82) is 0 Å². The van der Waals surface area contributed by atoms with E-state index in [4.69, 9.17) is 21.1 Å². The lowest BCUT2D eigenvalue weighted by Crippen LogP contribution is -2.48. The third-order valence-electron chi connectivity index (χ3n) is 5.54. The SMILES string of the molecule is Cc1ccc(NC(=O)C(c2ccccc2)N2CCC3(CC2)OCCO3)cc1Cl. The Balaban J connectivity index is 1.54. The Morgan fingerprint density at radius 1 is 1.11 bits per heavy atom. The molecule has 2 aliphatic heterocycles. The summed E-state index contributed by atoms with van der Waals surface area (Å²) < 4.78 is 11.7. The first kappa shape index (κ1) is 19.4. The number of likely N-dealkylation sites (tertiary alicyclic amines) is 1. The molecule has 0 aromatic heterocycles. The predicted octanol–water partition coefficient (Wildman–Crippen LogP) is 4.17. The fourth-order valence-corrected chi connectivity index (χ4v) is 4.13. The summed E-state index contributed by atoms with van der Waals surface area (Å²) in [5.41, 5.74) is 2.66. The molecule has 1 spiro atoms. The van der Waals surface area contributed by atoms with Crippen LogP contribution in [0.5, 0.6) is 0 Å². The average molecular weight is 401 g/mol. The van der Waals surface area contributed by atoms with Crippen LogP contribution in [0.1, 0.15) is 30.0 Å². The molecule has 0 saturated carbocycles. The highest BCUT2D eigenvalue weighted by atomic mass is 35.5. The van der Waals surface area contributed by atoms with Crippen LogP contribution in [-0.4, -0.2) is 42.9 Å². The highest BCUT2D eigenvalue weighted by Crippen LogP contribution is 2.35. The zero-order valence-electron chi connectivity index (χ0n) is 16.0. The number of ether oxygens (including phenoxy) is 2. The molecule has 28 heavy (non-hydrogen) atoms. The van der Waals surface area contributed by atoms with Crippen LogP contribution in [0.15, 0.2) is 48.5 Å². The summed E-state index contributed by atoms with van der Waals surface area (Å²) >= 11 is 6.22. The summed E-state index contributed by atoms with van der Waals surface area (Å²) in [7, 11) is 0. The van der Waals surface area contributed by atoms with Gasteiger partial charge in [-0.3, -0.25) is 9.69 Å². The van der Waals surface area contributed by atoms with E-state index in [0.29, 0.717) is 23.9 Å². The van der Waals surface area contributed by atoms with Crippen molar-refractivity contribution in [1.82, 2.24) is 4.90 Å². The van der Waals surface area contributed by atoms with Crippen molar-refractivity contribution in [3.63, 3.8) is 0 Å².